The quantitative estimate of drug-likeness (QED) is 0.629. The summed E-state index contributed by atoms with van der Waals surface area (Å²) in [6.45, 7) is 1.85. The van der Waals surface area contributed by atoms with Crippen LogP contribution in [-0.2, 0) is 18.3 Å². The van der Waals surface area contributed by atoms with Crippen molar-refractivity contribution in [3.8, 4) is 0 Å². The van der Waals surface area contributed by atoms with Gasteiger partial charge in [0.1, 0.15) is 17.9 Å². The second-order valence-corrected chi connectivity index (χ2v) is 2.37. The van der Waals surface area contributed by atoms with Gasteiger partial charge in [-0.2, -0.15) is 5.10 Å². The van der Waals surface area contributed by atoms with E-state index >= 15 is 0 Å². The molecule has 0 saturated carbocycles. The van der Waals surface area contributed by atoms with Crippen LogP contribution in [0.3, 0.4) is 0 Å². The van der Waals surface area contributed by atoms with Crippen molar-refractivity contribution in [1.82, 2.24) is 14.8 Å². The SMILES string of the molecule is CCC(=O)Cc1ncnn1C. The van der Waals surface area contributed by atoms with E-state index in [0.717, 1.165) is 5.82 Å². The molecule has 60 valence electrons. The molecule has 1 rings (SSSR count). The van der Waals surface area contributed by atoms with E-state index in [0.29, 0.717) is 12.8 Å². The lowest BCUT2D eigenvalue weighted by Gasteiger charge is -1.95. The van der Waals surface area contributed by atoms with Gasteiger partial charge in [0.15, 0.2) is 0 Å². The van der Waals surface area contributed by atoms with Gasteiger partial charge in [-0.1, -0.05) is 6.92 Å². The summed E-state index contributed by atoms with van der Waals surface area (Å²) in [5.41, 5.74) is 0. The van der Waals surface area contributed by atoms with E-state index in [1.54, 1.807) is 11.7 Å². The zero-order valence-corrected chi connectivity index (χ0v) is 6.74. The minimum atomic E-state index is 0.195. The molecule has 0 unspecified atom stereocenters. The molecule has 0 N–H and O–H groups in total. The molecule has 0 aliphatic rings. The molecular weight excluding hydrogens is 142 g/mol. The first-order chi connectivity index (χ1) is 5.24. The maximum absolute atomic E-state index is 11.0. The van der Waals surface area contributed by atoms with Crippen LogP contribution in [0, 0.1) is 0 Å². The molecule has 0 aromatic carbocycles. The lowest BCUT2D eigenvalue weighted by molar-refractivity contribution is -0.118. The molecule has 0 spiro atoms. The predicted octanol–water partition coefficient (Wildman–Crippen LogP) is 0.337. The fourth-order valence-corrected chi connectivity index (χ4v) is 0.782. The fourth-order valence-electron chi connectivity index (χ4n) is 0.782. The van der Waals surface area contributed by atoms with Gasteiger partial charge < -0.3 is 0 Å². The van der Waals surface area contributed by atoms with Gasteiger partial charge in [-0.05, 0) is 0 Å². The number of hydrogen-bond acceptors (Lipinski definition) is 3. The van der Waals surface area contributed by atoms with Gasteiger partial charge in [0.2, 0.25) is 0 Å². The first-order valence-corrected chi connectivity index (χ1v) is 3.58. The van der Waals surface area contributed by atoms with Crippen LogP contribution in [0.2, 0.25) is 0 Å². The molecule has 1 heterocycles. The van der Waals surface area contributed by atoms with Crippen molar-refractivity contribution in [2.45, 2.75) is 19.8 Å². The largest absolute Gasteiger partial charge is 0.299 e. The van der Waals surface area contributed by atoms with Crippen LogP contribution in [0.5, 0.6) is 0 Å². The van der Waals surface area contributed by atoms with Crippen molar-refractivity contribution < 1.29 is 4.79 Å². The van der Waals surface area contributed by atoms with Crippen LogP contribution in [0.25, 0.3) is 0 Å². The topological polar surface area (TPSA) is 47.8 Å². The van der Waals surface area contributed by atoms with Gasteiger partial charge in [-0.3, -0.25) is 9.48 Å². The van der Waals surface area contributed by atoms with Crippen LogP contribution in [-0.4, -0.2) is 20.5 Å². The molecule has 4 nitrogen and oxygen atoms in total. The number of nitrogens with zero attached hydrogens (tertiary/aromatic N) is 3. The third-order valence-electron chi connectivity index (χ3n) is 1.55. The molecule has 0 fully saturated rings. The number of hydrogen-bond donors (Lipinski definition) is 0. The molecule has 11 heavy (non-hydrogen) atoms. The molecule has 0 atom stereocenters. The van der Waals surface area contributed by atoms with Crippen LogP contribution in [0.4, 0.5) is 0 Å². The normalized spacial score (nSPS) is 10.0. The van der Waals surface area contributed by atoms with Crippen LogP contribution in [0.1, 0.15) is 19.2 Å². The zero-order valence-electron chi connectivity index (χ0n) is 6.74. The summed E-state index contributed by atoms with van der Waals surface area (Å²) in [7, 11) is 1.78. The summed E-state index contributed by atoms with van der Waals surface area (Å²) >= 11 is 0. The standard InChI is InChI=1S/C7H11N3O/c1-3-6(11)4-7-8-5-9-10(7)2/h5H,3-4H2,1-2H3. The van der Waals surface area contributed by atoms with Gasteiger partial charge in [0, 0.05) is 13.5 Å². The fraction of sp³-hybridized carbons (Fsp3) is 0.571. The van der Waals surface area contributed by atoms with Crippen molar-refractivity contribution in [2.24, 2.45) is 7.05 Å². The van der Waals surface area contributed by atoms with Crippen molar-refractivity contribution in [2.75, 3.05) is 0 Å². The van der Waals surface area contributed by atoms with Crippen LogP contribution >= 0.6 is 0 Å². The minimum absolute atomic E-state index is 0.195. The van der Waals surface area contributed by atoms with Crippen molar-refractivity contribution in [3.63, 3.8) is 0 Å². The first-order valence-electron chi connectivity index (χ1n) is 3.58. The Labute approximate surface area is 65.2 Å². The Morgan fingerprint density at radius 2 is 2.45 bits per heavy atom. The Balaban J connectivity index is 2.64. The van der Waals surface area contributed by atoms with Gasteiger partial charge in [-0.15, -0.1) is 0 Å². The zero-order chi connectivity index (χ0) is 8.27. The van der Waals surface area contributed by atoms with E-state index in [1.165, 1.54) is 6.33 Å². The smallest absolute Gasteiger partial charge is 0.140 e. The third-order valence-corrected chi connectivity index (χ3v) is 1.55. The van der Waals surface area contributed by atoms with Gasteiger partial charge in [0.25, 0.3) is 0 Å². The average molecular weight is 153 g/mol. The highest BCUT2D eigenvalue weighted by molar-refractivity contribution is 5.79. The monoisotopic (exact) mass is 153 g/mol. The van der Waals surface area contributed by atoms with Crippen molar-refractivity contribution in [3.05, 3.63) is 12.2 Å². The van der Waals surface area contributed by atoms with Crippen molar-refractivity contribution >= 4 is 5.78 Å². The number of aromatic nitrogens is 3. The molecule has 0 aliphatic heterocycles. The summed E-state index contributed by atoms with van der Waals surface area (Å²) in [5.74, 6) is 0.929. The Morgan fingerprint density at radius 3 is 2.91 bits per heavy atom. The minimum Gasteiger partial charge on any atom is -0.299 e. The molecular formula is C7H11N3O. The van der Waals surface area contributed by atoms with Gasteiger partial charge in [-0.25, -0.2) is 4.98 Å². The number of aryl methyl sites for hydroxylation is 1. The predicted molar refractivity (Wildman–Crippen MR) is 40.0 cm³/mol. The van der Waals surface area contributed by atoms with Crippen molar-refractivity contribution in [1.29, 1.82) is 0 Å². The number of ketones is 1. The highest BCUT2D eigenvalue weighted by atomic mass is 16.1. The van der Waals surface area contributed by atoms with Crippen LogP contribution in [0.15, 0.2) is 6.33 Å². The second kappa shape index (κ2) is 3.27. The molecule has 0 bridgehead atoms. The summed E-state index contributed by atoms with van der Waals surface area (Å²) in [5, 5.41) is 3.86. The Hall–Kier alpha value is -1.19. The number of carbonyl (C=O) groups is 1. The summed E-state index contributed by atoms with van der Waals surface area (Å²) in [6.07, 6.45) is 2.41. The van der Waals surface area contributed by atoms with Gasteiger partial charge >= 0.3 is 0 Å². The number of Topliss-reactive ketones (excluding diaryl/α,β-unsaturated/α-hetero) is 1. The summed E-state index contributed by atoms with van der Waals surface area (Å²) in [4.78, 5) is 14.9. The molecule has 0 amide bonds. The molecule has 0 saturated heterocycles. The van der Waals surface area contributed by atoms with E-state index in [2.05, 4.69) is 10.1 Å². The molecule has 0 radical (unpaired) electrons. The molecule has 0 aliphatic carbocycles. The number of carbonyl (C=O) groups excluding carboxylic acids is 1. The van der Waals surface area contributed by atoms with E-state index in [4.69, 9.17) is 0 Å². The Bertz CT molecular complexity index is 254. The lowest BCUT2D eigenvalue weighted by atomic mass is 10.2. The maximum atomic E-state index is 11.0. The Kier molecular flexibility index (Phi) is 2.36. The average Bonchev–Trinajstić information content (AvgIpc) is 2.37. The molecule has 1 aromatic rings. The molecule has 4 heteroatoms. The summed E-state index contributed by atoms with van der Waals surface area (Å²) < 4.78 is 1.62. The molecule has 1 aromatic heterocycles. The van der Waals surface area contributed by atoms with E-state index < -0.39 is 0 Å². The van der Waals surface area contributed by atoms with Gasteiger partial charge in [0.05, 0.1) is 6.42 Å². The number of rotatable bonds is 3. The summed E-state index contributed by atoms with van der Waals surface area (Å²) in [6, 6.07) is 0. The first kappa shape index (κ1) is 7.91. The second-order valence-electron chi connectivity index (χ2n) is 2.37. The maximum Gasteiger partial charge on any atom is 0.140 e. The highest BCUT2D eigenvalue weighted by Gasteiger charge is 2.04. The van der Waals surface area contributed by atoms with Crippen LogP contribution < -0.4 is 0 Å². The Morgan fingerprint density at radius 1 is 1.73 bits per heavy atom. The highest BCUT2D eigenvalue weighted by Crippen LogP contribution is 1.95. The lowest BCUT2D eigenvalue weighted by Crippen LogP contribution is -2.07. The van der Waals surface area contributed by atoms with E-state index in [9.17, 15) is 4.79 Å². The third kappa shape index (κ3) is 1.86. The van der Waals surface area contributed by atoms with E-state index in [-0.39, 0.29) is 5.78 Å². The van der Waals surface area contributed by atoms with E-state index in [1.807, 2.05) is 6.92 Å².